The quantitative estimate of drug-likeness (QED) is 0.607. The number of nitrogens with one attached hydrogen (secondary N) is 2. The number of unbranched alkanes of at least 4 members (excludes halogenated alkanes) is 2. The van der Waals surface area contributed by atoms with Gasteiger partial charge in [-0.1, -0.05) is 19.8 Å². The molecule has 0 aromatic rings. The molecule has 1 saturated heterocycles. The molecule has 2 rings (SSSR count). The molecule has 0 bridgehead atoms. The van der Waals surface area contributed by atoms with Crippen LogP contribution in [0.5, 0.6) is 0 Å². The number of hydrogen-bond acceptors (Lipinski definition) is 3. The molecule has 2 N–H and O–H groups in total. The van der Waals surface area contributed by atoms with Gasteiger partial charge in [0.25, 0.3) is 0 Å². The molecule has 1 aliphatic carbocycles. The highest BCUT2D eigenvalue weighted by Crippen LogP contribution is 2.30. The summed E-state index contributed by atoms with van der Waals surface area (Å²) in [5.41, 5.74) is 0. The second kappa shape index (κ2) is 8.74. The smallest absolute Gasteiger partial charge is 0.237 e. The van der Waals surface area contributed by atoms with E-state index in [2.05, 4.69) is 29.4 Å². The van der Waals surface area contributed by atoms with Crippen LogP contribution in [0.2, 0.25) is 0 Å². The van der Waals surface area contributed by atoms with Crippen LogP contribution in [0.25, 0.3) is 0 Å². The minimum atomic E-state index is 0.00891. The fourth-order valence-corrected chi connectivity index (χ4v) is 3.12. The summed E-state index contributed by atoms with van der Waals surface area (Å²) < 4.78 is 0. The van der Waals surface area contributed by atoms with E-state index in [0.717, 1.165) is 38.5 Å². The fraction of sp³-hybridized carbons (Fsp3) is 0.941. The van der Waals surface area contributed by atoms with Crippen molar-refractivity contribution < 1.29 is 4.79 Å². The minimum absolute atomic E-state index is 0.00891. The van der Waals surface area contributed by atoms with Crippen molar-refractivity contribution in [3.63, 3.8) is 0 Å². The summed E-state index contributed by atoms with van der Waals surface area (Å²) in [5, 5.41) is 6.68. The van der Waals surface area contributed by atoms with Gasteiger partial charge in [0.1, 0.15) is 0 Å². The molecule has 4 heteroatoms. The normalized spacial score (nSPS) is 23.5. The zero-order chi connectivity index (χ0) is 15.1. The van der Waals surface area contributed by atoms with Crippen LogP contribution in [0.3, 0.4) is 0 Å². The Morgan fingerprint density at radius 3 is 2.71 bits per heavy atom. The summed E-state index contributed by atoms with van der Waals surface area (Å²) >= 11 is 0. The highest BCUT2D eigenvalue weighted by Gasteiger charge is 2.31. The Morgan fingerprint density at radius 1 is 1.29 bits per heavy atom. The van der Waals surface area contributed by atoms with Gasteiger partial charge in [0.2, 0.25) is 5.91 Å². The van der Waals surface area contributed by atoms with E-state index < -0.39 is 0 Å². The average Bonchev–Trinajstić information content (AvgIpc) is 3.15. The van der Waals surface area contributed by atoms with Crippen molar-refractivity contribution in [1.82, 2.24) is 15.5 Å². The molecule has 1 heterocycles. The first-order valence-electron chi connectivity index (χ1n) is 8.95. The van der Waals surface area contributed by atoms with Crippen LogP contribution in [0.15, 0.2) is 0 Å². The van der Waals surface area contributed by atoms with E-state index in [1.807, 2.05) is 0 Å². The van der Waals surface area contributed by atoms with Gasteiger partial charge in [0, 0.05) is 25.7 Å². The lowest BCUT2D eigenvalue weighted by Gasteiger charge is -2.30. The van der Waals surface area contributed by atoms with E-state index in [4.69, 9.17) is 0 Å². The lowest BCUT2D eigenvalue weighted by atomic mass is 10.1. The fourth-order valence-electron chi connectivity index (χ4n) is 3.12. The Hall–Kier alpha value is -0.610. The van der Waals surface area contributed by atoms with E-state index in [9.17, 15) is 4.79 Å². The second-order valence-electron chi connectivity index (χ2n) is 6.86. The van der Waals surface area contributed by atoms with Gasteiger partial charge in [-0.25, -0.2) is 0 Å². The zero-order valence-electron chi connectivity index (χ0n) is 13.9. The molecular weight excluding hydrogens is 262 g/mol. The van der Waals surface area contributed by atoms with E-state index >= 15 is 0 Å². The van der Waals surface area contributed by atoms with Crippen LogP contribution in [0, 0.1) is 5.92 Å². The number of nitrogens with zero attached hydrogens (tertiary/aromatic N) is 1. The summed E-state index contributed by atoms with van der Waals surface area (Å²) in [6, 6.07) is 0.591. The SMILES string of the molecule is CCCCCNC(=O)C(C)N(CC1CC1)CC1CCCN1. The van der Waals surface area contributed by atoms with Crippen molar-refractivity contribution in [2.24, 2.45) is 5.92 Å². The van der Waals surface area contributed by atoms with Gasteiger partial charge in [-0.2, -0.15) is 0 Å². The molecule has 21 heavy (non-hydrogen) atoms. The van der Waals surface area contributed by atoms with Crippen LogP contribution in [0.4, 0.5) is 0 Å². The molecule has 2 unspecified atom stereocenters. The van der Waals surface area contributed by atoms with Crippen LogP contribution in [-0.2, 0) is 4.79 Å². The Morgan fingerprint density at radius 2 is 2.10 bits per heavy atom. The van der Waals surface area contributed by atoms with Crippen molar-refractivity contribution in [2.45, 2.75) is 70.9 Å². The van der Waals surface area contributed by atoms with Gasteiger partial charge in [0.15, 0.2) is 0 Å². The van der Waals surface area contributed by atoms with Gasteiger partial charge in [-0.15, -0.1) is 0 Å². The van der Waals surface area contributed by atoms with Crippen LogP contribution < -0.4 is 10.6 Å². The second-order valence-corrected chi connectivity index (χ2v) is 6.86. The predicted octanol–water partition coefficient (Wildman–Crippen LogP) is 2.15. The molecule has 122 valence electrons. The Bertz CT molecular complexity index is 311. The molecule has 2 aliphatic rings. The first kappa shape index (κ1) is 16.8. The monoisotopic (exact) mass is 295 g/mol. The molecule has 0 aromatic heterocycles. The zero-order valence-corrected chi connectivity index (χ0v) is 13.9. The number of hydrogen-bond donors (Lipinski definition) is 2. The third kappa shape index (κ3) is 5.95. The highest BCUT2D eigenvalue weighted by molar-refractivity contribution is 5.81. The molecular formula is C17H33N3O. The number of carbonyl (C=O) groups is 1. The van der Waals surface area contributed by atoms with Crippen molar-refractivity contribution in [1.29, 1.82) is 0 Å². The first-order chi connectivity index (χ1) is 10.2. The Kier molecular flexibility index (Phi) is 6.97. The maximum Gasteiger partial charge on any atom is 0.237 e. The van der Waals surface area contributed by atoms with Gasteiger partial charge < -0.3 is 10.6 Å². The summed E-state index contributed by atoms with van der Waals surface area (Å²) in [4.78, 5) is 14.8. The number of rotatable bonds is 10. The molecule has 1 amide bonds. The van der Waals surface area contributed by atoms with Crippen LogP contribution >= 0.6 is 0 Å². The van der Waals surface area contributed by atoms with Gasteiger partial charge in [0.05, 0.1) is 6.04 Å². The van der Waals surface area contributed by atoms with E-state index in [1.165, 1.54) is 38.5 Å². The van der Waals surface area contributed by atoms with E-state index in [-0.39, 0.29) is 11.9 Å². The van der Waals surface area contributed by atoms with Gasteiger partial charge in [-0.05, 0) is 51.5 Å². The molecule has 1 aliphatic heterocycles. The van der Waals surface area contributed by atoms with Crippen molar-refractivity contribution in [3.05, 3.63) is 0 Å². The van der Waals surface area contributed by atoms with Gasteiger partial charge in [-0.3, -0.25) is 9.69 Å². The summed E-state index contributed by atoms with van der Waals surface area (Å²) in [6.45, 7) is 8.36. The topological polar surface area (TPSA) is 44.4 Å². The maximum atomic E-state index is 12.4. The van der Waals surface area contributed by atoms with Crippen molar-refractivity contribution in [2.75, 3.05) is 26.2 Å². The first-order valence-corrected chi connectivity index (χ1v) is 8.95. The maximum absolute atomic E-state index is 12.4. The molecule has 2 atom stereocenters. The molecule has 0 spiro atoms. The molecule has 1 saturated carbocycles. The number of carbonyl (C=O) groups excluding carboxylic acids is 1. The minimum Gasteiger partial charge on any atom is -0.355 e. The predicted molar refractivity (Wildman–Crippen MR) is 87.3 cm³/mol. The highest BCUT2D eigenvalue weighted by atomic mass is 16.2. The Labute approximate surface area is 130 Å². The Balaban J connectivity index is 1.77. The lowest BCUT2D eigenvalue weighted by Crippen LogP contribution is -2.50. The number of amides is 1. The summed E-state index contributed by atoms with van der Waals surface area (Å²) in [7, 11) is 0. The van der Waals surface area contributed by atoms with E-state index in [0.29, 0.717) is 6.04 Å². The molecule has 0 radical (unpaired) electrons. The molecule has 0 aromatic carbocycles. The van der Waals surface area contributed by atoms with Crippen LogP contribution in [0.1, 0.15) is 58.8 Å². The molecule has 4 nitrogen and oxygen atoms in total. The largest absolute Gasteiger partial charge is 0.355 e. The summed E-state index contributed by atoms with van der Waals surface area (Å²) in [5.74, 6) is 1.05. The summed E-state index contributed by atoms with van der Waals surface area (Å²) in [6.07, 6.45) is 8.73. The van der Waals surface area contributed by atoms with Gasteiger partial charge >= 0.3 is 0 Å². The van der Waals surface area contributed by atoms with Crippen molar-refractivity contribution >= 4 is 5.91 Å². The third-order valence-corrected chi connectivity index (χ3v) is 4.81. The lowest BCUT2D eigenvalue weighted by molar-refractivity contribution is -0.126. The molecule has 2 fully saturated rings. The standard InChI is InChI=1S/C17H33N3O/c1-3-4-5-10-19-17(21)14(2)20(12-15-8-9-15)13-16-7-6-11-18-16/h14-16,18H,3-13H2,1-2H3,(H,19,21). The average molecular weight is 295 g/mol. The third-order valence-electron chi connectivity index (χ3n) is 4.81. The van der Waals surface area contributed by atoms with Crippen LogP contribution in [-0.4, -0.2) is 49.1 Å². The van der Waals surface area contributed by atoms with Crippen molar-refractivity contribution in [3.8, 4) is 0 Å². The van der Waals surface area contributed by atoms with E-state index in [1.54, 1.807) is 0 Å².